The predicted octanol–water partition coefficient (Wildman–Crippen LogP) is 3.21. The van der Waals surface area contributed by atoms with E-state index in [1.165, 1.54) is 0 Å². The largest absolute Gasteiger partial charge is 0.457 e. The van der Waals surface area contributed by atoms with Crippen LogP contribution in [-0.4, -0.2) is 31.3 Å². The summed E-state index contributed by atoms with van der Waals surface area (Å²) in [4.78, 5) is 35.8. The predicted molar refractivity (Wildman–Crippen MR) is 114 cm³/mol. The molecule has 3 rings (SSSR count). The summed E-state index contributed by atoms with van der Waals surface area (Å²) in [6, 6.07) is 22.4. The van der Waals surface area contributed by atoms with E-state index in [1.54, 1.807) is 55.6 Å². The summed E-state index contributed by atoms with van der Waals surface area (Å²) < 4.78 is 5.69. The highest BCUT2D eigenvalue weighted by molar-refractivity contribution is 6.00. The molecule has 0 heterocycles. The van der Waals surface area contributed by atoms with Crippen LogP contribution in [0.5, 0.6) is 11.5 Å². The van der Waals surface area contributed by atoms with Crippen LogP contribution in [0.2, 0.25) is 0 Å². The van der Waals surface area contributed by atoms with Crippen LogP contribution in [0.15, 0.2) is 78.9 Å². The Labute approximate surface area is 174 Å². The molecular weight excluding hydrogens is 382 g/mol. The van der Waals surface area contributed by atoms with Gasteiger partial charge in [-0.3, -0.25) is 14.4 Å². The lowest BCUT2D eigenvalue weighted by atomic mass is 10.2. The molecule has 0 fully saturated rings. The zero-order valence-electron chi connectivity index (χ0n) is 16.3. The third-order valence-corrected chi connectivity index (χ3v) is 4.16. The van der Waals surface area contributed by atoms with E-state index in [-0.39, 0.29) is 24.3 Å². The Morgan fingerprint density at radius 3 is 1.93 bits per heavy atom. The van der Waals surface area contributed by atoms with Gasteiger partial charge in [-0.25, -0.2) is 0 Å². The van der Waals surface area contributed by atoms with Gasteiger partial charge in [0.05, 0.1) is 6.54 Å². The standard InChI is InChI=1S/C23H21N3O4/c1-24-22(28)16-7-11-18(12-8-16)26-21(27)15-25-23(29)17-9-13-20(14-10-17)30-19-5-3-2-4-6-19/h2-14H,15H2,1H3,(H,24,28)(H,25,29)(H,26,27). The van der Waals surface area contributed by atoms with Gasteiger partial charge in [-0.05, 0) is 60.7 Å². The quantitative estimate of drug-likeness (QED) is 0.564. The third kappa shape index (κ3) is 5.68. The van der Waals surface area contributed by atoms with Crippen LogP contribution in [-0.2, 0) is 4.79 Å². The minimum absolute atomic E-state index is 0.182. The molecule has 7 nitrogen and oxygen atoms in total. The number of rotatable bonds is 7. The fourth-order valence-corrected chi connectivity index (χ4v) is 2.62. The first kappa shape index (κ1) is 20.6. The van der Waals surface area contributed by atoms with E-state index in [0.29, 0.717) is 28.3 Å². The fraction of sp³-hybridized carbons (Fsp3) is 0.0870. The molecule has 152 valence electrons. The van der Waals surface area contributed by atoms with Gasteiger partial charge in [0.1, 0.15) is 11.5 Å². The molecular formula is C23H21N3O4. The normalized spacial score (nSPS) is 10.0. The third-order valence-electron chi connectivity index (χ3n) is 4.16. The Hall–Kier alpha value is -4.13. The maximum absolute atomic E-state index is 12.2. The molecule has 0 spiro atoms. The number of hydrogen-bond acceptors (Lipinski definition) is 4. The minimum Gasteiger partial charge on any atom is -0.457 e. The second-order valence-electron chi connectivity index (χ2n) is 6.33. The van der Waals surface area contributed by atoms with Gasteiger partial charge in [-0.2, -0.15) is 0 Å². The molecule has 0 aliphatic rings. The van der Waals surface area contributed by atoms with Crippen molar-refractivity contribution in [3.8, 4) is 11.5 Å². The first-order valence-electron chi connectivity index (χ1n) is 9.28. The molecule has 0 radical (unpaired) electrons. The molecule has 0 aliphatic carbocycles. The van der Waals surface area contributed by atoms with Gasteiger partial charge in [-0.15, -0.1) is 0 Å². The summed E-state index contributed by atoms with van der Waals surface area (Å²) in [6.07, 6.45) is 0. The van der Waals surface area contributed by atoms with E-state index in [0.717, 1.165) is 0 Å². The monoisotopic (exact) mass is 403 g/mol. The summed E-state index contributed by atoms with van der Waals surface area (Å²) >= 11 is 0. The van der Waals surface area contributed by atoms with Crippen molar-refractivity contribution >= 4 is 23.4 Å². The molecule has 0 unspecified atom stereocenters. The zero-order valence-corrected chi connectivity index (χ0v) is 16.3. The Morgan fingerprint density at radius 2 is 1.30 bits per heavy atom. The van der Waals surface area contributed by atoms with E-state index in [1.807, 2.05) is 30.3 Å². The molecule has 0 bridgehead atoms. The Balaban J connectivity index is 1.48. The lowest BCUT2D eigenvalue weighted by molar-refractivity contribution is -0.115. The highest BCUT2D eigenvalue weighted by atomic mass is 16.5. The van der Waals surface area contributed by atoms with Crippen LogP contribution in [0.3, 0.4) is 0 Å². The summed E-state index contributed by atoms with van der Waals surface area (Å²) in [7, 11) is 1.55. The van der Waals surface area contributed by atoms with Crippen molar-refractivity contribution in [3.05, 3.63) is 90.0 Å². The van der Waals surface area contributed by atoms with Crippen LogP contribution in [0.1, 0.15) is 20.7 Å². The van der Waals surface area contributed by atoms with Crippen molar-refractivity contribution < 1.29 is 19.1 Å². The molecule has 30 heavy (non-hydrogen) atoms. The maximum Gasteiger partial charge on any atom is 0.251 e. The lowest BCUT2D eigenvalue weighted by Crippen LogP contribution is -2.32. The highest BCUT2D eigenvalue weighted by Gasteiger charge is 2.09. The van der Waals surface area contributed by atoms with Crippen LogP contribution in [0.4, 0.5) is 5.69 Å². The van der Waals surface area contributed by atoms with E-state index in [2.05, 4.69) is 16.0 Å². The number of hydrogen-bond donors (Lipinski definition) is 3. The molecule has 3 N–H and O–H groups in total. The SMILES string of the molecule is CNC(=O)c1ccc(NC(=O)CNC(=O)c2ccc(Oc3ccccc3)cc2)cc1. The van der Waals surface area contributed by atoms with E-state index in [9.17, 15) is 14.4 Å². The topological polar surface area (TPSA) is 96.5 Å². The van der Waals surface area contributed by atoms with Gasteiger partial charge in [0.15, 0.2) is 0 Å². The molecule has 0 saturated heterocycles. The van der Waals surface area contributed by atoms with Gasteiger partial charge in [0.2, 0.25) is 5.91 Å². The number of amides is 3. The van der Waals surface area contributed by atoms with E-state index >= 15 is 0 Å². The van der Waals surface area contributed by atoms with Crippen LogP contribution in [0, 0.1) is 0 Å². The van der Waals surface area contributed by atoms with Crippen LogP contribution >= 0.6 is 0 Å². The zero-order chi connectivity index (χ0) is 21.3. The molecule has 0 aliphatic heterocycles. The minimum atomic E-state index is -0.375. The van der Waals surface area contributed by atoms with Crippen molar-refractivity contribution in [3.63, 3.8) is 0 Å². The number of nitrogens with one attached hydrogen (secondary N) is 3. The number of ether oxygens (including phenoxy) is 1. The molecule has 7 heteroatoms. The molecule has 3 aromatic carbocycles. The second kappa shape index (κ2) is 9.88. The van der Waals surface area contributed by atoms with Crippen molar-refractivity contribution in [2.24, 2.45) is 0 Å². The average Bonchev–Trinajstić information content (AvgIpc) is 2.78. The Morgan fingerprint density at radius 1 is 0.733 bits per heavy atom. The molecule has 0 atom stereocenters. The number of anilines is 1. The Kier molecular flexibility index (Phi) is 6.78. The maximum atomic E-state index is 12.2. The summed E-state index contributed by atoms with van der Waals surface area (Å²) in [6.45, 7) is -0.182. The van der Waals surface area contributed by atoms with Gasteiger partial charge in [-0.1, -0.05) is 18.2 Å². The average molecular weight is 403 g/mol. The molecule has 3 amide bonds. The second-order valence-corrected chi connectivity index (χ2v) is 6.33. The van der Waals surface area contributed by atoms with Crippen molar-refractivity contribution in [1.82, 2.24) is 10.6 Å². The molecule has 0 saturated carbocycles. The number of benzene rings is 3. The summed E-state index contributed by atoms with van der Waals surface area (Å²) in [5, 5.41) is 7.76. The number of carbonyl (C=O) groups is 3. The van der Waals surface area contributed by atoms with Crippen molar-refractivity contribution in [2.75, 3.05) is 18.9 Å². The van der Waals surface area contributed by atoms with Crippen LogP contribution in [0.25, 0.3) is 0 Å². The van der Waals surface area contributed by atoms with Gasteiger partial charge < -0.3 is 20.7 Å². The molecule has 0 aromatic heterocycles. The van der Waals surface area contributed by atoms with Crippen molar-refractivity contribution in [2.45, 2.75) is 0 Å². The summed E-state index contributed by atoms with van der Waals surface area (Å²) in [5.41, 5.74) is 1.44. The highest BCUT2D eigenvalue weighted by Crippen LogP contribution is 2.21. The van der Waals surface area contributed by atoms with Gasteiger partial charge in [0, 0.05) is 23.9 Å². The summed E-state index contributed by atoms with van der Waals surface area (Å²) in [5.74, 6) is 0.359. The number of carbonyl (C=O) groups excluding carboxylic acids is 3. The fourth-order valence-electron chi connectivity index (χ4n) is 2.62. The number of para-hydroxylation sites is 1. The lowest BCUT2D eigenvalue weighted by Gasteiger charge is -2.09. The smallest absolute Gasteiger partial charge is 0.251 e. The van der Waals surface area contributed by atoms with E-state index in [4.69, 9.17) is 4.74 Å². The van der Waals surface area contributed by atoms with Crippen LogP contribution < -0.4 is 20.7 Å². The first-order chi connectivity index (χ1) is 14.5. The van der Waals surface area contributed by atoms with Crippen molar-refractivity contribution in [1.29, 1.82) is 0 Å². The van der Waals surface area contributed by atoms with E-state index < -0.39 is 0 Å². The first-order valence-corrected chi connectivity index (χ1v) is 9.28. The Bertz CT molecular complexity index is 1020. The van der Waals surface area contributed by atoms with Gasteiger partial charge in [0.25, 0.3) is 11.8 Å². The molecule has 3 aromatic rings. The van der Waals surface area contributed by atoms with Gasteiger partial charge >= 0.3 is 0 Å².